The molecule has 96 valence electrons. The predicted molar refractivity (Wildman–Crippen MR) is 76.3 cm³/mol. The van der Waals surface area contributed by atoms with Crippen LogP contribution in [0.2, 0.25) is 0 Å². The zero-order valence-electron chi connectivity index (χ0n) is 10.6. The number of H-pyrrole nitrogens is 1. The van der Waals surface area contributed by atoms with Gasteiger partial charge in [0.1, 0.15) is 11.6 Å². The number of nitrogens with one attached hydrogen (secondary N) is 2. The van der Waals surface area contributed by atoms with Crippen LogP contribution in [0.1, 0.15) is 11.4 Å². The van der Waals surface area contributed by atoms with Gasteiger partial charge in [-0.2, -0.15) is 0 Å². The molecule has 0 saturated carbocycles. The first-order valence-corrected chi connectivity index (χ1v) is 6.19. The Kier molecular flexibility index (Phi) is 2.83. The maximum Gasteiger partial charge on any atom is 0.115 e. The highest BCUT2D eigenvalue weighted by molar-refractivity contribution is 5.79. The van der Waals surface area contributed by atoms with E-state index in [1.165, 1.54) is 0 Å². The lowest BCUT2D eigenvalue weighted by Crippen LogP contribution is -1.98. The molecule has 0 aliphatic carbocycles. The van der Waals surface area contributed by atoms with E-state index in [-0.39, 0.29) is 0 Å². The van der Waals surface area contributed by atoms with Crippen molar-refractivity contribution in [2.24, 2.45) is 0 Å². The molecule has 0 bridgehead atoms. The van der Waals surface area contributed by atoms with Gasteiger partial charge in [-0.15, -0.1) is 0 Å². The maximum absolute atomic E-state index is 9.41. The minimum atomic E-state index is 0.291. The average molecular weight is 253 g/mol. The molecule has 3 rings (SSSR count). The number of aryl methyl sites for hydroxylation is 1. The van der Waals surface area contributed by atoms with Crippen LogP contribution in [0.3, 0.4) is 0 Å². The van der Waals surface area contributed by atoms with E-state index in [4.69, 9.17) is 0 Å². The van der Waals surface area contributed by atoms with Gasteiger partial charge < -0.3 is 15.4 Å². The minimum absolute atomic E-state index is 0.291. The lowest BCUT2D eigenvalue weighted by molar-refractivity contribution is 0.474. The van der Waals surface area contributed by atoms with Crippen molar-refractivity contribution in [1.82, 2.24) is 9.97 Å². The van der Waals surface area contributed by atoms with E-state index < -0.39 is 0 Å². The fourth-order valence-corrected chi connectivity index (χ4v) is 2.12. The van der Waals surface area contributed by atoms with Gasteiger partial charge in [0.05, 0.1) is 11.0 Å². The van der Waals surface area contributed by atoms with Gasteiger partial charge in [0.25, 0.3) is 0 Å². The second kappa shape index (κ2) is 4.65. The van der Waals surface area contributed by atoms with Gasteiger partial charge in [-0.05, 0) is 42.8 Å². The number of nitrogens with zero attached hydrogens (tertiary/aromatic N) is 1. The van der Waals surface area contributed by atoms with E-state index >= 15 is 0 Å². The summed E-state index contributed by atoms with van der Waals surface area (Å²) < 4.78 is 0. The van der Waals surface area contributed by atoms with Gasteiger partial charge in [-0.25, -0.2) is 4.98 Å². The summed E-state index contributed by atoms with van der Waals surface area (Å²) >= 11 is 0. The quantitative estimate of drug-likeness (QED) is 0.671. The van der Waals surface area contributed by atoms with E-state index in [9.17, 15) is 5.11 Å². The number of aromatic nitrogens is 2. The van der Waals surface area contributed by atoms with Crippen molar-refractivity contribution >= 4 is 16.7 Å². The third kappa shape index (κ3) is 2.52. The van der Waals surface area contributed by atoms with Crippen LogP contribution >= 0.6 is 0 Å². The first kappa shape index (κ1) is 11.6. The Hall–Kier alpha value is -2.49. The Labute approximate surface area is 111 Å². The molecule has 2 aromatic carbocycles. The van der Waals surface area contributed by atoms with Crippen molar-refractivity contribution in [1.29, 1.82) is 0 Å². The van der Waals surface area contributed by atoms with Crippen molar-refractivity contribution in [3.05, 3.63) is 53.9 Å². The van der Waals surface area contributed by atoms with Gasteiger partial charge in [-0.1, -0.05) is 12.1 Å². The summed E-state index contributed by atoms with van der Waals surface area (Å²) in [5.74, 6) is 1.21. The molecule has 0 spiro atoms. The smallest absolute Gasteiger partial charge is 0.115 e. The molecule has 4 nitrogen and oxygen atoms in total. The second-order valence-corrected chi connectivity index (χ2v) is 4.58. The highest BCUT2D eigenvalue weighted by atomic mass is 16.3. The predicted octanol–water partition coefficient (Wildman–Crippen LogP) is 3.19. The summed E-state index contributed by atoms with van der Waals surface area (Å²) in [7, 11) is 0. The van der Waals surface area contributed by atoms with Gasteiger partial charge in [0.15, 0.2) is 0 Å². The molecule has 4 heteroatoms. The lowest BCUT2D eigenvalue weighted by Gasteiger charge is -2.06. The monoisotopic (exact) mass is 253 g/mol. The topological polar surface area (TPSA) is 60.9 Å². The summed E-state index contributed by atoms with van der Waals surface area (Å²) in [5.41, 5.74) is 4.07. The third-order valence-corrected chi connectivity index (χ3v) is 3.01. The van der Waals surface area contributed by atoms with E-state index in [0.717, 1.165) is 28.1 Å². The SMILES string of the molecule is Cc1nc2ccc(NCc3cccc(O)c3)cc2[nH]1. The van der Waals surface area contributed by atoms with Gasteiger partial charge in [-0.3, -0.25) is 0 Å². The Bertz CT molecular complexity index is 718. The van der Waals surface area contributed by atoms with Crippen molar-refractivity contribution < 1.29 is 5.11 Å². The van der Waals surface area contributed by atoms with Crippen LogP contribution in [-0.4, -0.2) is 15.1 Å². The van der Waals surface area contributed by atoms with E-state index in [2.05, 4.69) is 15.3 Å². The molecule has 0 amide bonds. The number of anilines is 1. The van der Waals surface area contributed by atoms with Crippen molar-refractivity contribution in [3.63, 3.8) is 0 Å². The molecule has 0 fully saturated rings. The zero-order chi connectivity index (χ0) is 13.2. The summed E-state index contributed by atoms with van der Waals surface area (Å²) in [5, 5.41) is 12.7. The fraction of sp³-hybridized carbons (Fsp3) is 0.133. The standard InChI is InChI=1S/C15H15N3O/c1-10-17-14-6-5-12(8-15(14)18-10)16-9-11-3-2-4-13(19)7-11/h2-8,16,19H,9H2,1H3,(H,17,18). The molecule has 1 heterocycles. The largest absolute Gasteiger partial charge is 0.508 e. The van der Waals surface area contributed by atoms with Crippen molar-refractivity contribution in [2.45, 2.75) is 13.5 Å². The van der Waals surface area contributed by atoms with Crippen LogP contribution in [0.4, 0.5) is 5.69 Å². The molecular formula is C15H15N3O. The minimum Gasteiger partial charge on any atom is -0.508 e. The van der Waals surface area contributed by atoms with Crippen LogP contribution in [-0.2, 0) is 6.54 Å². The highest BCUT2D eigenvalue weighted by Gasteiger charge is 2.01. The van der Waals surface area contributed by atoms with E-state index in [0.29, 0.717) is 12.3 Å². The summed E-state index contributed by atoms with van der Waals surface area (Å²) in [6.45, 7) is 2.62. The van der Waals surface area contributed by atoms with Gasteiger partial charge in [0.2, 0.25) is 0 Å². The molecule has 3 aromatic rings. The second-order valence-electron chi connectivity index (χ2n) is 4.58. The molecule has 0 aliphatic rings. The van der Waals surface area contributed by atoms with E-state index in [1.807, 2.05) is 37.3 Å². The number of phenolic OH excluding ortho intramolecular Hbond substituents is 1. The number of hydrogen-bond acceptors (Lipinski definition) is 3. The molecule has 0 radical (unpaired) electrons. The molecule has 19 heavy (non-hydrogen) atoms. The van der Waals surface area contributed by atoms with Crippen LogP contribution in [0.5, 0.6) is 5.75 Å². The van der Waals surface area contributed by atoms with Crippen LogP contribution in [0.15, 0.2) is 42.5 Å². The number of aromatic amines is 1. The molecule has 0 saturated heterocycles. The van der Waals surface area contributed by atoms with Crippen molar-refractivity contribution in [3.8, 4) is 5.75 Å². The molecule has 0 aliphatic heterocycles. The number of fused-ring (bicyclic) bond motifs is 1. The normalized spacial score (nSPS) is 10.8. The number of benzene rings is 2. The Morgan fingerprint density at radius 2 is 2.11 bits per heavy atom. The van der Waals surface area contributed by atoms with Crippen LogP contribution in [0, 0.1) is 6.92 Å². The number of rotatable bonds is 3. The average Bonchev–Trinajstić information content (AvgIpc) is 2.75. The van der Waals surface area contributed by atoms with Gasteiger partial charge in [0, 0.05) is 12.2 Å². The molecule has 3 N–H and O–H groups in total. The first-order valence-electron chi connectivity index (χ1n) is 6.19. The zero-order valence-corrected chi connectivity index (χ0v) is 10.6. The fourth-order valence-electron chi connectivity index (χ4n) is 2.12. The molecule has 0 unspecified atom stereocenters. The van der Waals surface area contributed by atoms with Crippen LogP contribution in [0.25, 0.3) is 11.0 Å². The summed E-state index contributed by atoms with van der Waals surface area (Å²) in [6.07, 6.45) is 0. The summed E-state index contributed by atoms with van der Waals surface area (Å²) in [4.78, 5) is 7.58. The Morgan fingerprint density at radius 1 is 1.21 bits per heavy atom. The van der Waals surface area contributed by atoms with Crippen molar-refractivity contribution in [2.75, 3.05) is 5.32 Å². The molecule has 1 aromatic heterocycles. The third-order valence-electron chi connectivity index (χ3n) is 3.01. The highest BCUT2D eigenvalue weighted by Crippen LogP contribution is 2.18. The maximum atomic E-state index is 9.41. The van der Waals surface area contributed by atoms with E-state index in [1.54, 1.807) is 12.1 Å². The number of hydrogen-bond donors (Lipinski definition) is 3. The number of imidazole rings is 1. The summed E-state index contributed by atoms with van der Waals surface area (Å²) in [6, 6.07) is 13.3. The number of aromatic hydroxyl groups is 1. The van der Waals surface area contributed by atoms with Gasteiger partial charge >= 0.3 is 0 Å². The molecule has 0 atom stereocenters. The Balaban J connectivity index is 1.78. The number of phenols is 1. The molecular weight excluding hydrogens is 238 g/mol. The Morgan fingerprint density at radius 3 is 2.95 bits per heavy atom. The lowest BCUT2D eigenvalue weighted by atomic mass is 10.2. The first-order chi connectivity index (χ1) is 9.20. The van der Waals surface area contributed by atoms with Crippen LogP contribution < -0.4 is 5.32 Å².